The fourth-order valence-corrected chi connectivity index (χ4v) is 2.88. The molecule has 1 heterocycles. The number of ether oxygens (including phenoxy) is 2. The molecule has 0 radical (unpaired) electrons. The van der Waals surface area contributed by atoms with Crippen LogP contribution in [-0.2, 0) is 14.3 Å². The maximum atomic E-state index is 12.6. The highest BCUT2D eigenvalue weighted by atomic mass is 16.6. The first-order valence-electron chi connectivity index (χ1n) is 10.8. The lowest BCUT2D eigenvalue weighted by Gasteiger charge is -2.40. The van der Waals surface area contributed by atoms with E-state index in [0.29, 0.717) is 39.0 Å². The topological polar surface area (TPSA) is 55.8 Å². The number of allylic oxidation sites excluding steroid dienone is 4. The van der Waals surface area contributed by atoms with Crippen LogP contribution in [0.4, 0.5) is 4.79 Å². The molecule has 168 valence electrons. The van der Waals surface area contributed by atoms with Crippen LogP contribution in [0.2, 0.25) is 0 Å². The van der Waals surface area contributed by atoms with Crippen molar-refractivity contribution in [2.45, 2.75) is 80.3 Å². The van der Waals surface area contributed by atoms with Crippen molar-refractivity contribution >= 4 is 12.1 Å². The standard InChI is InChI=1S/C20H31NO4.2C2H6/c1-7-9-10-16(3)15-20(17(22)24-8-2)11-13-21(14-12-20)18(23)25-19(4,5)6;2*1-2/h7,9-10H,1,3,8,11-15H2,2,4-6H3;2*1-2H3/b10-9-;;. The molecule has 0 aromatic heterocycles. The molecule has 5 heteroatoms. The first kappa shape index (κ1) is 29.2. The van der Waals surface area contributed by atoms with Gasteiger partial charge in [0.15, 0.2) is 0 Å². The molecular formula is C24H43NO4. The number of hydrogen-bond donors (Lipinski definition) is 0. The molecule has 1 saturated heterocycles. The Hall–Kier alpha value is -2.04. The van der Waals surface area contributed by atoms with Crippen LogP contribution in [-0.4, -0.2) is 42.3 Å². The van der Waals surface area contributed by atoms with E-state index in [1.165, 1.54) is 0 Å². The largest absolute Gasteiger partial charge is 0.466 e. The number of piperidine rings is 1. The summed E-state index contributed by atoms with van der Waals surface area (Å²) >= 11 is 0. The quantitative estimate of drug-likeness (QED) is 0.381. The van der Waals surface area contributed by atoms with Crippen LogP contribution in [0, 0.1) is 5.41 Å². The lowest BCUT2D eigenvalue weighted by molar-refractivity contribution is -0.158. The number of likely N-dealkylation sites (tertiary alicyclic amines) is 1. The second-order valence-corrected chi connectivity index (χ2v) is 7.40. The summed E-state index contributed by atoms with van der Waals surface area (Å²) in [5.74, 6) is -0.216. The summed E-state index contributed by atoms with van der Waals surface area (Å²) in [6, 6.07) is 0. The number of esters is 1. The molecule has 0 bridgehead atoms. The maximum Gasteiger partial charge on any atom is 0.410 e. The average Bonchev–Trinajstić information content (AvgIpc) is 2.69. The highest BCUT2D eigenvalue weighted by molar-refractivity contribution is 5.78. The van der Waals surface area contributed by atoms with Crippen LogP contribution in [0.5, 0.6) is 0 Å². The molecule has 0 spiro atoms. The van der Waals surface area contributed by atoms with E-state index in [4.69, 9.17) is 9.47 Å². The van der Waals surface area contributed by atoms with Gasteiger partial charge in [0.2, 0.25) is 0 Å². The number of carbonyl (C=O) groups is 2. The molecule has 1 rings (SSSR count). The molecule has 1 fully saturated rings. The van der Waals surface area contributed by atoms with Gasteiger partial charge >= 0.3 is 12.1 Å². The van der Waals surface area contributed by atoms with Crippen LogP contribution < -0.4 is 0 Å². The fourth-order valence-electron chi connectivity index (χ4n) is 2.88. The molecule has 0 saturated carbocycles. The lowest BCUT2D eigenvalue weighted by Crippen LogP contribution is -2.48. The summed E-state index contributed by atoms with van der Waals surface area (Å²) in [5.41, 5.74) is -0.327. The van der Waals surface area contributed by atoms with E-state index >= 15 is 0 Å². The van der Waals surface area contributed by atoms with Gasteiger partial charge < -0.3 is 14.4 Å². The summed E-state index contributed by atoms with van der Waals surface area (Å²) in [6.45, 7) is 24.3. The zero-order chi connectivity index (χ0) is 23.1. The Labute approximate surface area is 178 Å². The summed E-state index contributed by atoms with van der Waals surface area (Å²) in [7, 11) is 0. The second kappa shape index (κ2) is 14.9. The minimum Gasteiger partial charge on any atom is -0.466 e. The third-order valence-corrected chi connectivity index (χ3v) is 4.11. The molecule has 0 aromatic rings. The molecule has 0 unspecified atom stereocenters. The lowest BCUT2D eigenvalue weighted by atomic mass is 9.73. The van der Waals surface area contributed by atoms with Crippen molar-refractivity contribution < 1.29 is 19.1 Å². The predicted molar refractivity (Wildman–Crippen MR) is 122 cm³/mol. The van der Waals surface area contributed by atoms with Crippen LogP contribution >= 0.6 is 0 Å². The summed E-state index contributed by atoms with van der Waals surface area (Å²) in [6.07, 6.45) is 6.57. The minimum absolute atomic E-state index is 0.216. The SMILES string of the molecule is C=C/C=C\C(=C)CC1(C(=O)OCC)CCN(C(=O)OC(C)(C)C)CC1.CC.CC. The number of rotatable bonds is 6. The van der Waals surface area contributed by atoms with Gasteiger partial charge in [0.25, 0.3) is 0 Å². The molecule has 1 amide bonds. The molecule has 5 nitrogen and oxygen atoms in total. The normalized spacial score (nSPS) is 15.2. The van der Waals surface area contributed by atoms with E-state index in [9.17, 15) is 9.59 Å². The Morgan fingerprint density at radius 2 is 1.62 bits per heavy atom. The molecule has 0 aliphatic carbocycles. The van der Waals surface area contributed by atoms with Gasteiger partial charge in [-0.2, -0.15) is 0 Å². The highest BCUT2D eigenvalue weighted by Crippen LogP contribution is 2.39. The van der Waals surface area contributed by atoms with Crippen molar-refractivity contribution in [1.82, 2.24) is 4.90 Å². The van der Waals surface area contributed by atoms with E-state index in [1.54, 1.807) is 24.0 Å². The van der Waals surface area contributed by atoms with Crippen molar-refractivity contribution in [2.75, 3.05) is 19.7 Å². The van der Waals surface area contributed by atoms with E-state index in [2.05, 4.69) is 13.2 Å². The van der Waals surface area contributed by atoms with Gasteiger partial charge in [-0.1, -0.05) is 64.7 Å². The Morgan fingerprint density at radius 3 is 2.03 bits per heavy atom. The predicted octanol–water partition coefficient (Wildman–Crippen LogP) is 6.31. The zero-order valence-corrected chi connectivity index (χ0v) is 20.0. The zero-order valence-electron chi connectivity index (χ0n) is 20.0. The number of nitrogens with zero attached hydrogens (tertiary/aromatic N) is 1. The van der Waals surface area contributed by atoms with E-state index in [0.717, 1.165) is 5.57 Å². The molecule has 1 aliphatic heterocycles. The highest BCUT2D eigenvalue weighted by Gasteiger charge is 2.44. The van der Waals surface area contributed by atoms with Crippen LogP contribution in [0.3, 0.4) is 0 Å². The van der Waals surface area contributed by atoms with E-state index < -0.39 is 11.0 Å². The maximum absolute atomic E-state index is 12.6. The number of hydrogen-bond acceptors (Lipinski definition) is 4. The smallest absolute Gasteiger partial charge is 0.410 e. The Bertz CT molecular complexity index is 536. The summed E-state index contributed by atoms with van der Waals surface area (Å²) in [5, 5.41) is 0. The molecule has 0 atom stereocenters. The second-order valence-electron chi connectivity index (χ2n) is 7.40. The minimum atomic E-state index is -0.642. The van der Waals surface area contributed by atoms with Crippen LogP contribution in [0.15, 0.2) is 37.0 Å². The van der Waals surface area contributed by atoms with Crippen molar-refractivity contribution in [3.63, 3.8) is 0 Å². The molecule has 29 heavy (non-hydrogen) atoms. The Kier molecular flexibility index (Phi) is 15.0. The summed E-state index contributed by atoms with van der Waals surface area (Å²) in [4.78, 5) is 26.5. The van der Waals surface area contributed by atoms with E-state index in [-0.39, 0.29) is 12.1 Å². The van der Waals surface area contributed by atoms with Gasteiger partial charge in [-0.15, -0.1) is 0 Å². The first-order valence-corrected chi connectivity index (χ1v) is 10.8. The Balaban J connectivity index is 0. The van der Waals surface area contributed by atoms with Crippen molar-refractivity contribution in [2.24, 2.45) is 5.41 Å². The monoisotopic (exact) mass is 409 g/mol. The van der Waals surface area contributed by atoms with E-state index in [1.807, 2.05) is 54.5 Å². The molecule has 0 N–H and O–H groups in total. The van der Waals surface area contributed by atoms with Crippen molar-refractivity contribution in [3.05, 3.63) is 37.0 Å². The van der Waals surface area contributed by atoms with Crippen LogP contribution in [0.1, 0.15) is 74.7 Å². The number of amides is 1. The average molecular weight is 410 g/mol. The van der Waals surface area contributed by atoms with Gasteiger partial charge in [-0.05, 0) is 47.0 Å². The van der Waals surface area contributed by atoms with Gasteiger partial charge in [0, 0.05) is 13.1 Å². The molecule has 0 aromatic carbocycles. The third-order valence-electron chi connectivity index (χ3n) is 4.11. The van der Waals surface area contributed by atoms with Gasteiger partial charge in [0.1, 0.15) is 5.60 Å². The molecular weight excluding hydrogens is 366 g/mol. The Morgan fingerprint density at radius 1 is 1.10 bits per heavy atom. The van der Waals surface area contributed by atoms with Crippen molar-refractivity contribution in [1.29, 1.82) is 0 Å². The van der Waals surface area contributed by atoms with Gasteiger partial charge in [-0.25, -0.2) is 4.79 Å². The first-order chi connectivity index (χ1) is 13.6. The van der Waals surface area contributed by atoms with Crippen LogP contribution in [0.25, 0.3) is 0 Å². The fraction of sp³-hybridized carbons (Fsp3) is 0.667. The number of carbonyl (C=O) groups excluding carboxylic acids is 2. The van der Waals surface area contributed by atoms with Gasteiger partial charge in [0.05, 0.1) is 12.0 Å². The third kappa shape index (κ3) is 10.9. The van der Waals surface area contributed by atoms with Crippen molar-refractivity contribution in [3.8, 4) is 0 Å². The molecule has 1 aliphatic rings. The summed E-state index contributed by atoms with van der Waals surface area (Å²) < 4.78 is 10.7. The van der Waals surface area contributed by atoms with Gasteiger partial charge in [-0.3, -0.25) is 4.79 Å².